The fourth-order valence-electron chi connectivity index (χ4n) is 3.28. The van der Waals surface area contributed by atoms with Crippen LogP contribution in [0.3, 0.4) is 0 Å². The molecule has 3 rings (SSSR count). The Labute approximate surface area is 195 Å². The molecule has 2 aromatic rings. The second-order valence-corrected chi connectivity index (χ2v) is 7.90. The number of nitrogens with one attached hydrogen (secondary N) is 1. The largest absolute Gasteiger partial charge is 0.486 e. The van der Waals surface area contributed by atoms with Gasteiger partial charge in [-0.05, 0) is 43.7 Å². The number of benzene rings is 2. The molecule has 1 N–H and O–H groups in total. The molecule has 1 heterocycles. The number of esters is 1. The number of carbonyl (C=O) groups excluding carboxylic acids is 2. The summed E-state index contributed by atoms with van der Waals surface area (Å²) < 4.78 is 11.2. The zero-order valence-corrected chi connectivity index (χ0v) is 19.2. The molecule has 31 heavy (non-hydrogen) atoms. The Morgan fingerprint density at radius 3 is 2.39 bits per heavy atom. The average molecular weight is 484 g/mol. The molecule has 1 aliphatic heterocycles. The summed E-state index contributed by atoms with van der Waals surface area (Å²) in [7, 11) is 0. The molecule has 1 aliphatic rings. The molecule has 2 amide bonds. The van der Waals surface area contributed by atoms with Crippen LogP contribution in [0.5, 0.6) is 5.75 Å². The molecule has 164 valence electrons. The van der Waals surface area contributed by atoms with Crippen LogP contribution in [-0.4, -0.2) is 36.7 Å². The van der Waals surface area contributed by atoms with Crippen molar-refractivity contribution in [3.05, 3.63) is 74.4 Å². The van der Waals surface area contributed by atoms with Crippen LogP contribution < -0.4 is 10.1 Å². The Kier molecular flexibility index (Phi) is 7.70. The maximum absolute atomic E-state index is 13.0. The van der Waals surface area contributed by atoms with Crippen LogP contribution in [0.1, 0.15) is 25.5 Å². The van der Waals surface area contributed by atoms with E-state index in [1.807, 2.05) is 0 Å². The molecule has 0 saturated carbocycles. The molecule has 2 aromatic carbocycles. The van der Waals surface area contributed by atoms with Gasteiger partial charge in [-0.2, -0.15) is 0 Å². The van der Waals surface area contributed by atoms with Gasteiger partial charge in [0, 0.05) is 22.7 Å². The van der Waals surface area contributed by atoms with Gasteiger partial charge in [-0.15, -0.1) is 0 Å². The quantitative estimate of drug-likeness (QED) is 0.518. The lowest BCUT2D eigenvalue weighted by atomic mass is 9.94. The SMILES string of the molecule is CCOC(=O)C1=C(COc2cc(Cl)ccc2Cl)N(CC)C(=O)NC1c1ccc(Cl)cc1. The van der Waals surface area contributed by atoms with Crippen LogP contribution in [0.15, 0.2) is 53.7 Å². The Morgan fingerprint density at radius 2 is 1.74 bits per heavy atom. The van der Waals surface area contributed by atoms with Crippen molar-refractivity contribution < 1.29 is 19.1 Å². The highest BCUT2D eigenvalue weighted by atomic mass is 35.5. The Bertz CT molecular complexity index is 1010. The number of ether oxygens (including phenoxy) is 2. The molecule has 0 bridgehead atoms. The second-order valence-electron chi connectivity index (χ2n) is 6.62. The summed E-state index contributed by atoms with van der Waals surface area (Å²) in [5, 5.41) is 4.23. The van der Waals surface area contributed by atoms with E-state index in [4.69, 9.17) is 44.3 Å². The van der Waals surface area contributed by atoms with E-state index in [0.29, 0.717) is 38.6 Å². The van der Waals surface area contributed by atoms with Gasteiger partial charge in [-0.25, -0.2) is 9.59 Å². The molecule has 0 spiro atoms. The van der Waals surface area contributed by atoms with E-state index in [0.717, 1.165) is 0 Å². The Balaban J connectivity index is 2.08. The van der Waals surface area contributed by atoms with E-state index in [2.05, 4.69) is 5.32 Å². The number of hydrogen-bond acceptors (Lipinski definition) is 4. The minimum absolute atomic E-state index is 0.0838. The molecular formula is C22H21Cl3N2O4. The predicted octanol–water partition coefficient (Wildman–Crippen LogP) is 5.63. The van der Waals surface area contributed by atoms with Gasteiger partial charge >= 0.3 is 12.0 Å². The van der Waals surface area contributed by atoms with Gasteiger partial charge in [0.1, 0.15) is 12.4 Å². The first-order valence-corrected chi connectivity index (χ1v) is 10.8. The van der Waals surface area contributed by atoms with Crippen LogP contribution >= 0.6 is 34.8 Å². The summed E-state index contributed by atoms with van der Waals surface area (Å²) in [6.07, 6.45) is 0. The molecule has 0 saturated heterocycles. The second kappa shape index (κ2) is 10.3. The van der Waals surface area contributed by atoms with E-state index in [-0.39, 0.29) is 24.8 Å². The van der Waals surface area contributed by atoms with Crippen LogP contribution in [0.25, 0.3) is 0 Å². The average Bonchev–Trinajstić information content (AvgIpc) is 2.74. The van der Waals surface area contributed by atoms with Gasteiger partial charge in [0.25, 0.3) is 0 Å². The number of likely N-dealkylation sites (N-methyl/N-ethyl adjacent to an activating group) is 1. The smallest absolute Gasteiger partial charge is 0.338 e. The van der Waals surface area contributed by atoms with Gasteiger partial charge < -0.3 is 14.8 Å². The number of nitrogens with zero attached hydrogens (tertiary/aromatic N) is 1. The summed E-state index contributed by atoms with van der Waals surface area (Å²) in [5.74, 6) is -0.202. The first-order valence-electron chi connectivity index (χ1n) is 9.67. The highest BCUT2D eigenvalue weighted by Crippen LogP contribution is 2.34. The third-order valence-corrected chi connectivity index (χ3v) is 5.51. The molecule has 9 heteroatoms. The third-order valence-electron chi connectivity index (χ3n) is 4.71. The van der Waals surface area contributed by atoms with Crippen molar-refractivity contribution in [2.75, 3.05) is 19.8 Å². The van der Waals surface area contributed by atoms with Gasteiger partial charge in [0.2, 0.25) is 0 Å². The number of carbonyl (C=O) groups is 2. The molecule has 0 aromatic heterocycles. The van der Waals surface area contributed by atoms with Crippen molar-refractivity contribution in [2.45, 2.75) is 19.9 Å². The fraction of sp³-hybridized carbons (Fsp3) is 0.273. The summed E-state index contributed by atoms with van der Waals surface area (Å²) in [4.78, 5) is 27.3. The minimum Gasteiger partial charge on any atom is -0.486 e. The predicted molar refractivity (Wildman–Crippen MR) is 121 cm³/mol. The minimum atomic E-state index is -0.722. The molecule has 1 atom stereocenters. The zero-order valence-electron chi connectivity index (χ0n) is 17.0. The Morgan fingerprint density at radius 1 is 1.06 bits per heavy atom. The number of halogens is 3. The van der Waals surface area contributed by atoms with E-state index < -0.39 is 12.0 Å². The molecule has 0 fully saturated rings. The van der Waals surface area contributed by atoms with Crippen molar-refractivity contribution in [1.29, 1.82) is 0 Å². The summed E-state index contributed by atoms with van der Waals surface area (Å²) in [6, 6.07) is 10.6. The first-order chi connectivity index (χ1) is 14.8. The molecule has 6 nitrogen and oxygen atoms in total. The molecule has 0 radical (unpaired) electrons. The Hall–Kier alpha value is -2.41. The lowest BCUT2D eigenvalue weighted by molar-refractivity contribution is -0.139. The van der Waals surface area contributed by atoms with Crippen molar-refractivity contribution in [3.8, 4) is 5.75 Å². The summed E-state index contributed by atoms with van der Waals surface area (Å²) in [6.45, 7) is 3.95. The molecule has 0 aliphatic carbocycles. The number of urea groups is 1. The molecule has 1 unspecified atom stereocenters. The fourth-order valence-corrected chi connectivity index (χ4v) is 3.74. The van der Waals surface area contributed by atoms with Crippen molar-refractivity contribution in [1.82, 2.24) is 10.2 Å². The van der Waals surface area contributed by atoms with Crippen LogP contribution in [0, 0.1) is 0 Å². The van der Waals surface area contributed by atoms with Crippen molar-refractivity contribution in [2.24, 2.45) is 0 Å². The highest BCUT2D eigenvalue weighted by molar-refractivity contribution is 6.34. The molecular weight excluding hydrogens is 463 g/mol. The number of amides is 2. The number of rotatable bonds is 7. The van der Waals surface area contributed by atoms with Gasteiger partial charge in [0.15, 0.2) is 0 Å². The maximum Gasteiger partial charge on any atom is 0.338 e. The van der Waals surface area contributed by atoms with Crippen LogP contribution in [-0.2, 0) is 9.53 Å². The summed E-state index contributed by atoms with van der Waals surface area (Å²) in [5.41, 5.74) is 1.36. The van der Waals surface area contributed by atoms with Gasteiger partial charge in [-0.3, -0.25) is 4.90 Å². The van der Waals surface area contributed by atoms with Gasteiger partial charge in [-0.1, -0.05) is 46.9 Å². The van der Waals surface area contributed by atoms with E-state index >= 15 is 0 Å². The highest BCUT2D eigenvalue weighted by Gasteiger charge is 2.38. The number of hydrogen-bond donors (Lipinski definition) is 1. The maximum atomic E-state index is 13.0. The van der Waals surface area contributed by atoms with Crippen LogP contribution in [0.2, 0.25) is 15.1 Å². The summed E-state index contributed by atoms with van der Waals surface area (Å²) >= 11 is 18.3. The monoisotopic (exact) mass is 482 g/mol. The van der Waals surface area contributed by atoms with Crippen molar-refractivity contribution >= 4 is 46.8 Å². The van der Waals surface area contributed by atoms with Crippen molar-refractivity contribution in [3.63, 3.8) is 0 Å². The van der Waals surface area contributed by atoms with Crippen LogP contribution in [0.4, 0.5) is 4.79 Å². The third kappa shape index (κ3) is 5.26. The lowest BCUT2D eigenvalue weighted by Crippen LogP contribution is -2.49. The van der Waals surface area contributed by atoms with E-state index in [1.165, 1.54) is 4.90 Å². The zero-order chi connectivity index (χ0) is 22.5. The standard InChI is InChI=1S/C22H21Cl3N2O4/c1-3-27-17(12-31-18-11-15(24)9-10-16(18)25)19(21(28)30-4-2)20(26-22(27)29)13-5-7-14(23)8-6-13/h5-11,20H,3-4,12H2,1-2H3,(H,26,29). The first kappa shape index (κ1) is 23.3. The van der Waals surface area contributed by atoms with E-state index in [1.54, 1.807) is 56.3 Å². The van der Waals surface area contributed by atoms with Gasteiger partial charge in [0.05, 0.1) is 28.9 Å². The van der Waals surface area contributed by atoms with E-state index in [9.17, 15) is 9.59 Å². The lowest BCUT2D eigenvalue weighted by Gasteiger charge is -2.36. The normalized spacial score (nSPS) is 16.2. The topological polar surface area (TPSA) is 67.9 Å².